The van der Waals surface area contributed by atoms with Gasteiger partial charge in [0.25, 0.3) is 11.5 Å². The average Bonchev–Trinajstić information content (AvgIpc) is 3.26. The SMILES string of the molecule is CCN(CC)C(=O)C1=C(C)N=c2s/c(=C\c3cccc4ccccc34)c(=O)n2[C@H]1c1cc(OC)ccc1OC. The molecule has 0 bridgehead atoms. The number of aromatic nitrogens is 1. The number of ether oxygens (including phenoxy) is 2. The van der Waals surface area contributed by atoms with Gasteiger partial charge < -0.3 is 14.4 Å². The van der Waals surface area contributed by atoms with E-state index < -0.39 is 6.04 Å². The Labute approximate surface area is 230 Å². The quantitative estimate of drug-likeness (QED) is 0.350. The summed E-state index contributed by atoms with van der Waals surface area (Å²) in [4.78, 5) is 35.1. The molecule has 2 heterocycles. The first-order valence-corrected chi connectivity index (χ1v) is 13.7. The van der Waals surface area contributed by atoms with Crippen molar-refractivity contribution in [3.05, 3.63) is 103 Å². The highest BCUT2D eigenvalue weighted by Crippen LogP contribution is 2.38. The van der Waals surface area contributed by atoms with Gasteiger partial charge in [-0.3, -0.25) is 14.2 Å². The largest absolute Gasteiger partial charge is 0.497 e. The molecular formula is C31H31N3O4S. The summed E-state index contributed by atoms with van der Waals surface area (Å²) < 4.78 is 13.4. The minimum absolute atomic E-state index is 0.153. The second kappa shape index (κ2) is 10.9. The van der Waals surface area contributed by atoms with Gasteiger partial charge in [-0.1, -0.05) is 53.8 Å². The first-order valence-electron chi connectivity index (χ1n) is 12.9. The topological polar surface area (TPSA) is 73.1 Å². The Morgan fingerprint density at radius 3 is 2.51 bits per heavy atom. The first kappa shape index (κ1) is 26.4. The van der Waals surface area contributed by atoms with E-state index in [1.807, 2.05) is 63.2 Å². The van der Waals surface area contributed by atoms with E-state index in [2.05, 4.69) is 12.1 Å². The van der Waals surface area contributed by atoms with Gasteiger partial charge in [-0.05, 0) is 61.4 Å². The summed E-state index contributed by atoms with van der Waals surface area (Å²) in [5.41, 5.74) is 2.44. The third kappa shape index (κ3) is 4.65. The molecule has 1 aliphatic heterocycles. The van der Waals surface area contributed by atoms with Crippen LogP contribution in [-0.2, 0) is 4.79 Å². The van der Waals surface area contributed by atoms with Crippen LogP contribution in [0.25, 0.3) is 16.8 Å². The summed E-state index contributed by atoms with van der Waals surface area (Å²) in [7, 11) is 3.17. The lowest BCUT2D eigenvalue weighted by Crippen LogP contribution is -2.43. The number of rotatable bonds is 7. The van der Waals surface area contributed by atoms with Crippen LogP contribution in [0.5, 0.6) is 11.5 Å². The molecule has 0 unspecified atom stereocenters. The van der Waals surface area contributed by atoms with E-state index in [4.69, 9.17) is 14.5 Å². The fourth-order valence-electron chi connectivity index (χ4n) is 5.14. The van der Waals surface area contributed by atoms with Gasteiger partial charge >= 0.3 is 0 Å². The second-order valence-electron chi connectivity index (χ2n) is 9.24. The molecule has 0 N–H and O–H groups in total. The van der Waals surface area contributed by atoms with Crippen LogP contribution in [0, 0.1) is 0 Å². The van der Waals surface area contributed by atoms with Crippen LogP contribution < -0.4 is 24.4 Å². The summed E-state index contributed by atoms with van der Waals surface area (Å²) in [5, 5.41) is 2.16. The fourth-order valence-corrected chi connectivity index (χ4v) is 6.18. The summed E-state index contributed by atoms with van der Waals surface area (Å²) in [6.45, 7) is 6.80. The normalized spacial score (nSPS) is 15.2. The molecule has 3 aromatic carbocycles. The van der Waals surface area contributed by atoms with E-state index >= 15 is 0 Å². The number of nitrogens with zero attached hydrogens (tertiary/aromatic N) is 3. The molecule has 1 atom stereocenters. The number of methoxy groups -OCH3 is 2. The molecule has 0 radical (unpaired) electrons. The van der Waals surface area contributed by atoms with Crippen molar-refractivity contribution in [2.24, 2.45) is 4.99 Å². The molecule has 1 aliphatic rings. The number of likely N-dealkylation sites (N-methyl/N-ethyl adjacent to an activating group) is 1. The van der Waals surface area contributed by atoms with Crippen molar-refractivity contribution in [2.75, 3.05) is 27.3 Å². The molecule has 1 aromatic heterocycles. The van der Waals surface area contributed by atoms with Gasteiger partial charge in [-0.2, -0.15) is 0 Å². The monoisotopic (exact) mass is 541 g/mol. The molecule has 7 nitrogen and oxygen atoms in total. The molecule has 0 fully saturated rings. The maximum Gasteiger partial charge on any atom is 0.271 e. The van der Waals surface area contributed by atoms with Crippen LogP contribution in [0.2, 0.25) is 0 Å². The first-order chi connectivity index (χ1) is 18.9. The highest BCUT2D eigenvalue weighted by molar-refractivity contribution is 7.07. The number of fused-ring (bicyclic) bond motifs is 2. The third-order valence-corrected chi connectivity index (χ3v) is 8.13. The Morgan fingerprint density at radius 2 is 1.79 bits per heavy atom. The number of hydrogen-bond donors (Lipinski definition) is 0. The summed E-state index contributed by atoms with van der Waals surface area (Å²) in [6.07, 6.45) is 1.91. The number of amides is 1. The molecule has 1 amide bonds. The second-order valence-corrected chi connectivity index (χ2v) is 10.2. The minimum Gasteiger partial charge on any atom is -0.497 e. The van der Waals surface area contributed by atoms with E-state index in [0.29, 0.717) is 50.8 Å². The summed E-state index contributed by atoms with van der Waals surface area (Å²) >= 11 is 1.32. The molecular weight excluding hydrogens is 510 g/mol. The predicted molar refractivity (Wildman–Crippen MR) is 155 cm³/mol. The van der Waals surface area contributed by atoms with Crippen LogP contribution in [0.1, 0.15) is 37.9 Å². The lowest BCUT2D eigenvalue weighted by Gasteiger charge is -2.30. The number of carbonyl (C=O) groups is 1. The van der Waals surface area contributed by atoms with Crippen LogP contribution in [-0.4, -0.2) is 42.7 Å². The van der Waals surface area contributed by atoms with Crippen molar-refractivity contribution in [3.8, 4) is 11.5 Å². The van der Waals surface area contributed by atoms with Crippen molar-refractivity contribution in [1.82, 2.24) is 9.47 Å². The number of benzene rings is 3. The minimum atomic E-state index is -0.728. The van der Waals surface area contributed by atoms with Gasteiger partial charge in [-0.25, -0.2) is 4.99 Å². The molecule has 4 aromatic rings. The van der Waals surface area contributed by atoms with Crippen molar-refractivity contribution in [2.45, 2.75) is 26.8 Å². The van der Waals surface area contributed by atoms with Crippen LogP contribution in [0.15, 0.2) is 81.7 Å². The van der Waals surface area contributed by atoms with Crippen molar-refractivity contribution in [3.63, 3.8) is 0 Å². The van der Waals surface area contributed by atoms with Crippen molar-refractivity contribution < 1.29 is 14.3 Å². The van der Waals surface area contributed by atoms with E-state index in [0.717, 1.165) is 16.3 Å². The number of hydrogen-bond acceptors (Lipinski definition) is 6. The van der Waals surface area contributed by atoms with E-state index in [1.54, 1.807) is 35.8 Å². The van der Waals surface area contributed by atoms with Crippen molar-refractivity contribution >= 4 is 34.1 Å². The summed E-state index contributed by atoms with van der Waals surface area (Å²) in [6, 6.07) is 18.8. The predicted octanol–water partition coefficient (Wildman–Crippen LogP) is 4.27. The van der Waals surface area contributed by atoms with Gasteiger partial charge in [0, 0.05) is 18.7 Å². The smallest absolute Gasteiger partial charge is 0.271 e. The molecule has 5 rings (SSSR count). The maximum atomic E-state index is 14.1. The van der Waals surface area contributed by atoms with Crippen LogP contribution >= 0.6 is 11.3 Å². The number of allylic oxidation sites excluding steroid dienone is 1. The average molecular weight is 542 g/mol. The standard InChI is InChI=1S/C31H31N3O4S/c1-6-33(7-2)30(36)27-19(3)32-31-34(28(27)24-18-22(37-4)15-16-25(24)38-5)29(35)26(39-31)17-21-13-10-12-20-11-8-9-14-23(20)21/h8-18,28H,6-7H2,1-5H3/b26-17-/t28-/m0/s1. The molecule has 0 saturated carbocycles. The van der Waals surface area contributed by atoms with Crippen LogP contribution in [0.3, 0.4) is 0 Å². The van der Waals surface area contributed by atoms with Gasteiger partial charge in [0.15, 0.2) is 4.80 Å². The van der Waals surface area contributed by atoms with E-state index in [9.17, 15) is 9.59 Å². The highest BCUT2D eigenvalue weighted by Gasteiger charge is 2.36. The zero-order valence-electron chi connectivity index (χ0n) is 22.7. The summed E-state index contributed by atoms with van der Waals surface area (Å²) in [5.74, 6) is 1.01. The lowest BCUT2D eigenvalue weighted by molar-refractivity contribution is -0.127. The molecule has 0 aliphatic carbocycles. The zero-order valence-corrected chi connectivity index (χ0v) is 23.5. The molecule has 39 heavy (non-hydrogen) atoms. The highest BCUT2D eigenvalue weighted by atomic mass is 32.1. The van der Waals surface area contributed by atoms with Gasteiger partial charge in [0.05, 0.1) is 30.0 Å². The fraction of sp³-hybridized carbons (Fsp3) is 0.258. The van der Waals surface area contributed by atoms with Gasteiger partial charge in [-0.15, -0.1) is 0 Å². The Bertz CT molecular complexity index is 1770. The Hall–Kier alpha value is -4.17. The van der Waals surface area contributed by atoms with Gasteiger partial charge in [0.2, 0.25) is 0 Å². The van der Waals surface area contributed by atoms with Gasteiger partial charge in [0.1, 0.15) is 17.5 Å². The molecule has 0 spiro atoms. The zero-order chi connectivity index (χ0) is 27.7. The van der Waals surface area contributed by atoms with Crippen molar-refractivity contribution in [1.29, 1.82) is 0 Å². The molecule has 200 valence electrons. The number of thiazole rings is 1. The Kier molecular flexibility index (Phi) is 7.39. The third-order valence-electron chi connectivity index (χ3n) is 7.14. The molecule has 0 saturated heterocycles. The Morgan fingerprint density at radius 1 is 1.05 bits per heavy atom. The van der Waals surface area contributed by atoms with Crippen LogP contribution in [0.4, 0.5) is 0 Å². The van der Waals surface area contributed by atoms with E-state index in [1.165, 1.54) is 11.3 Å². The maximum absolute atomic E-state index is 14.1. The molecule has 8 heteroatoms. The van der Waals surface area contributed by atoms with E-state index in [-0.39, 0.29) is 11.5 Å². The number of carbonyl (C=O) groups excluding carboxylic acids is 1. The Balaban J connectivity index is 1.80. The lowest BCUT2D eigenvalue weighted by atomic mass is 9.93.